The average Bonchev–Trinajstić information content (AvgIpc) is 1.83. The van der Waals surface area contributed by atoms with Crippen molar-refractivity contribution in [2.75, 3.05) is 6.54 Å². The Bertz CT molecular complexity index is 174. The van der Waals surface area contributed by atoms with Crippen LogP contribution in [0.15, 0.2) is 0 Å². The quantitative estimate of drug-likeness (QED) is 0.559. The number of rotatable bonds is 3. The van der Waals surface area contributed by atoms with Crippen molar-refractivity contribution in [1.29, 1.82) is 0 Å². The van der Waals surface area contributed by atoms with Gasteiger partial charge in [0.25, 0.3) is 0 Å². The van der Waals surface area contributed by atoms with Crippen molar-refractivity contribution >= 4 is 5.91 Å². The molecule has 0 aliphatic rings. The SMILES string of the molecule is C#CCC(=O)NCC(C)(C)O. The maximum Gasteiger partial charge on any atom is 0.232 e. The van der Waals surface area contributed by atoms with E-state index in [0.29, 0.717) is 0 Å². The van der Waals surface area contributed by atoms with Gasteiger partial charge in [0.1, 0.15) is 0 Å². The van der Waals surface area contributed by atoms with Crippen LogP contribution in [-0.4, -0.2) is 23.2 Å². The number of carbonyl (C=O) groups excluding carboxylic acids is 1. The lowest BCUT2D eigenvalue weighted by Gasteiger charge is -2.16. The van der Waals surface area contributed by atoms with E-state index >= 15 is 0 Å². The van der Waals surface area contributed by atoms with Gasteiger partial charge in [-0.15, -0.1) is 6.42 Å². The standard InChI is InChI=1S/C8H13NO2/c1-4-5-7(10)9-6-8(2,3)11/h1,11H,5-6H2,2-3H3,(H,9,10). The van der Waals surface area contributed by atoms with Crippen molar-refractivity contribution in [3.63, 3.8) is 0 Å². The lowest BCUT2D eigenvalue weighted by Crippen LogP contribution is -2.37. The zero-order chi connectivity index (χ0) is 8.91. The van der Waals surface area contributed by atoms with E-state index in [9.17, 15) is 4.79 Å². The van der Waals surface area contributed by atoms with Crippen molar-refractivity contribution in [1.82, 2.24) is 5.32 Å². The zero-order valence-corrected chi connectivity index (χ0v) is 6.85. The molecule has 1 amide bonds. The minimum Gasteiger partial charge on any atom is -0.389 e. The number of amides is 1. The lowest BCUT2D eigenvalue weighted by atomic mass is 10.1. The fourth-order valence-corrected chi connectivity index (χ4v) is 0.470. The predicted molar refractivity (Wildman–Crippen MR) is 42.8 cm³/mol. The first-order valence-corrected chi connectivity index (χ1v) is 3.38. The van der Waals surface area contributed by atoms with Crippen molar-refractivity contribution < 1.29 is 9.90 Å². The molecule has 3 nitrogen and oxygen atoms in total. The second kappa shape index (κ2) is 3.99. The molecule has 0 aromatic heterocycles. The molecule has 0 aromatic carbocycles. The Kier molecular flexibility index (Phi) is 3.63. The van der Waals surface area contributed by atoms with E-state index in [1.807, 2.05) is 0 Å². The second-order valence-electron chi connectivity index (χ2n) is 2.97. The van der Waals surface area contributed by atoms with Crippen molar-refractivity contribution in [2.45, 2.75) is 25.9 Å². The molecular weight excluding hydrogens is 142 g/mol. The number of nitrogens with one attached hydrogen (secondary N) is 1. The van der Waals surface area contributed by atoms with E-state index in [-0.39, 0.29) is 18.9 Å². The molecule has 0 rings (SSSR count). The summed E-state index contributed by atoms with van der Waals surface area (Å²) in [5, 5.41) is 11.7. The third kappa shape index (κ3) is 6.88. The number of terminal acetylenes is 1. The molecule has 62 valence electrons. The fourth-order valence-electron chi connectivity index (χ4n) is 0.470. The largest absolute Gasteiger partial charge is 0.389 e. The van der Waals surface area contributed by atoms with Gasteiger partial charge in [0.05, 0.1) is 12.0 Å². The molecule has 0 aromatic rings. The Labute approximate surface area is 66.8 Å². The Balaban J connectivity index is 3.57. The highest BCUT2D eigenvalue weighted by atomic mass is 16.3. The molecule has 0 bridgehead atoms. The topological polar surface area (TPSA) is 49.3 Å². The van der Waals surface area contributed by atoms with Gasteiger partial charge in [0, 0.05) is 6.54 Å². The summed E-state index contributed by atoms with van der Waals surface area (Å²) in [5.41, 5.74) is -0.871. The summed E-state index contributed by atoms with van der Waals surface area (Å²) < 4.78 is 0. The van der Waals surface area contributed by atoms with Crippen LogP contribution in [0.25, 0.3) is 0 Å². The summed E-state index contributed by atoms with van der Waals surface area (Å²) in [6, 6.07) is 0. The van der Waals surface area contributed by atoms with Crippen LogP contribution in [0.3, 0.4) is 0 Å². The maximum absolute atomic E-state index is 10.7. The van der Waals surface area contributed by atoms with Crippen LogP contribution in [-0.2, 0) is 4.79 Å². The van der Waals surface area contributed by atoms with E-state index in [4.69, 9.17) is 11.5 Å². The van der Waals surface area contributed by atoms with E-state index in [1.165, 1.54) is 0 Å². The number of carbonyl (C=O) groups is 1. The van der Waals surface area contributed by atoms with Gasteiger partial charge >= 0.3 is 0 Å². The van der Waals surface area contributed by atoms with E-state index < -0.39 is 5.60 Å². The van der Waals surface area contributed by atoms with Gasteiger partial charge < -0.3 is 10.4 Å². The molecule has 3 heteroatoms. The lowest BCUT2D eigenvalue weighted by molar-refractivity contribution is -0.121. The molecule has 2 N–H and O–H groups in total. The Morgan fingerprint density at radius 3 is 2.64 bits per heavy atom. The van der Waals surface area contributed by atoms with Gasteiger partial charge in [-0.05, 0) is 13.8 Å². The Hall–Kier alpha value is -1.01. The monoisotopic (exact) mass is 155 g/mol. The van der Waals surface area contributed by atoms with E-state index in [1.54, 1.807) is 13.8 Å². The summed E-state index contributed by atoms with van der Waals surface area (Å²) in [6.07, 6.45) is 4.96. The van der Waals surface area contributed by atoms with Crippen molar-refractivity contribution in [3.05, 3.63) is 0 Å². The summed E-state index contributed by atoms with van der Waals surface area (Å²) in [7, 11) is 0. The maximum atomic E-state index is 10.7. The van der Waals surface area contributed by atoms with Crippen LogP contribution in [0, 0.1) is 12.3 Å². The molecule has 0 spiro atoms. The fraction of sp³-hybridized carbons (Fsp3) is 0.625. The minimum atomic E-state index is -0.871. The van der Waals surface area contributed by atoms with Crippen molar-refractivity contribution in [2.24, 2.45) is 0 Å². The molecule has 0 atom stereocenters. The van der Waals surface area contributed by atoms with E-state index in [2.05, 4.69) is 11.2 Å². The van der Waals surface area contributed by atoms with Gasteiger partial charge in [0.2, 0.25) is 5.91 Å². The summed E-state index contributed by atoms with van der Waals surface area (Å²) >= 11 is 0. The molecule has 11 heavy (non-hydrogen) atoms. The summed E-state index contributed by atoms with van der Waals surface area (Å²) in [6.45, 7) is 3.46. The number of aliphatic hydroxyl groups is 1. The van der Waals surface area contributed by atoms with Crippen molar-refractivity contribution in [3.8, 4) is 12.3 Å². The second-order valence-corrected chi connectivity index (χ2v) is 2.97. The molecule has 0 radical (unpaired) electrons. The third-order valence-corrected chi connectivity index (χ3v) is 0.981. The van der Waals surface area contributed by atoms with Gasteiger partial charge in [0.15, 0.2) is 0 Å². The van der Waals surface area contributed by atoms with Gasteiger partial charge in [-0.1, -0.05) is 5.92 Å². The average molecular weight is 155 g/mol. The molecule has 0 fully saturated rings. The Morgan fingerprint density at radius 1 is 1.73 bits per heavy atom. The smallest absolute Gasteiger partial charge is 0.232 e. The minimum absolute atomic E-state index is 0.0656. The van der Waals surface area contributed by atoms with Crippen LogP contribution >= 0.6 is 0 Å². The highest BCUT2D eigenvalue weighted by Gasteiger charge is 2.12. The van der Waals surface area contributed by atoms with Gasteiger partial charge in [-0.25, -0.2) is 0 Å². The highest BCUT2D eigenvalue weighted by Crippen LogP contribution is 1.96. The first-order valence-electron chi connectivity index (χ1n) is 3.38. The van der Waals surface area contributed by atoms with Crippen LogP contribution in [0.5, 0.6) is 0 Å². The Morgan fingerprint density at radius 2 is 2.27 bits per heavy atom. The third-order valence-electron chi connectivity index (χ3n) is 0.981. The first-order chi connectivity index (χ1) is 4.95. The highest BCUT2D eigenvalue weighted by molar-refractivity contribution is 5.78. The van der Waals surface area contributed by atoms with E-state index in [0.717, 1.165) is 0 Å². The molecular formula is C8H13NO2. The van der Waals surface area contributed by atoms with Crippen LogP contribution in [0.1, 0.15) is 20.3 Å². The van der Waals surface area contributed by atoms with Crippen LogP contribution < -0.4 is 5.32 Å². The predicted octanol–water partition coefficient (Wildman–Crippen LogP) is -0.103. The van der Waals surface area contributed by atoms with Crippen LogP contribution in [0.2, 0.25) is 0 Å². The van der Waals surface area contributed by atoms with Gasteiger partial charge in [-0.3, -0.25) is 4.79 Å². The molecule has 0 heterocycles. The van der Waals surface area contributed by atoms with Gasteiger partial charge in [-0.2, -0.15) is 0 Å². The number of hydrogen-bond donors (Lipinski definition) is 2. The zero-order valence-electron chi connectivity index (χ0n) is 6.85. The summed E-state index contributed by atoms with van der Waals surface area (Å²) in [4.78, 5) is 10.7. The molecule has 0 unspecified atom stereocenters. The normalized spacial score (nSPS) is 10.4. The molecule has 0 saturated carbocycles. The number of hydrogen-bond acceptors (Lipinski definition) is 2. The molecule has 0 saturated heterocycles. The molecule has 0 aliphatic carbocycles. The first kappa shape index (κ1) is 9.99. The van der Waals surface area contributed by atoms with Crippen LogP contribution in [0.4, 0.5) is 0 Å². The molecule has 0 aliphatic heterocycles. The summed E-state index contributed by atoms with van der Waals surface area (Å²) in [5.74, 6) is 1.98.